The van der Waals surface area contributed by atoms with Gasteiger partial charge in [-0.15, -0.1) is 0 Å². The third-order valence-corrected chi connectivity index (χ3v) is 5.00. The van der Waals surface area contributed by atoms with Crippen molar-refractivity contribution in [3.8, 4) is 5.75 Å². The predicted octanol–water partition coefficient (Wildman–Crippen LogP) is 2.18. The van der Waals surface area contributed by atoms with Crippen LogP contribution >= 0.6 is 0 Å². The second-order valence-corrected chi connectivity index (χ2v) is 7.03. The Balaban J connectivity index is 1.40. The standard InChI is InChI=1S/C20H26N2O4/c1-2-18(23)14-5-7-17(8-6-14)26-13-19(24)22-11-9-16(10-12-22)21-20(25)15-3-4-15/h5-8,15-16H,2-4,9-13H2,1H3,(H,21,25). The van der Waals surface area contributed by atoms with Crippen LogP contribution in [0.3, 0.4) is 0 Å². The second-order valence-electron chi connectivity index (χ2n) is 7.03. The lowest BCUT2D eigenvalue weighted by Gasteiger charge is -2.32. The number of ether oxygens (including phenoxy) is 1. The molecule has 2 fully saturated rings. The fourth-order valence-corrected chi connectivity index (χ4v) is 3.12. The summed E-state index contributed by atoms with van der Waals surface area (Å²) in [6, 6.07) is 7.06. The number of benzene rings is 1. The minimum absolute atomic E-state index is 0.0137. The summed E-state index contributed by atoms with van der Waals surface area (Å²) in [6.45, 7) is 3.09. The molecule has 0 unspecified atom stereocenters. The van der Waals surface area contributed by atoms with Gasteiger partial charge in [-0.2, -0.15) is 0 Å². The van der Waals surface area contributed by atoms with Gasteiger partial charge >= 0.3 is 0 Å². The summed E-state index contributed by atoms with van der Waals surface area (Å²) in [5, 5.41) is 3.08. The second kappa shape index (κ2) is 8.34. The molecule has 0 bridgehead atoms. The van der Waals surface area contributed by atoms with Crippen molar-refractivity contribution in [2.24, 2.45) is 5.92 Å². The highest BCUT2D eigenvalue weighted by Crippen LogP contribution is 2.29. The zero-order valence-electron chi connectivity index (χ0n) is 15.2. The first-order valence-corrected chi connectivity index (χ1v) is 9.41. The Hall–Kier alpha value is -2.37. The molecule has 6 nitrogen and oxygen atoms in total. The van der Waals surface area contributed by atoms with Gasteiger partial charge in [0.1, 0.15) is 5.75 Å². The molecule has 0 spiro atoms. The van der Waals surface area contributed by atoms with Crippen molar-refractivity contribution in [2.75, 3.05) is 19.7 Å². The van der Waals surface area contributed by atoms with Gasteiger partial charge in [-0.05, 0) is 49.9 Å². The van der Waals surface area contributed by atoms with Crippen LogP contribution in [0.1, 0.15) is 49.4 Å². The first-order valence-electron chi connectivity index (χ1n) is 9.41. The monoisotopic (exact) mass is 358 g/mol. The van der Waals surface area contributed by atoms with Crippen LogP contribution in [0.5, 0.6) is 5.75 Å². The largest absolute Gasteiger partial charge is 0.484 e. The number of Topliss-reactive ketones (excluding diaryl/α,β-unsaturated/α-hetero) is 1. The van der Waals surface area contributed by atoms with E-state index in [-0.39, 0.29) is 36.2 Å². The molecule has 1 aromatic carbocycles. The zero-order valence-corrected chi connectivity index (χ0v) is 15.2. The van der Waals surface area contributed by atoms with Crippen LogP contribution < -0.4 is 10.1 Å². The molecule has 140 valence electrons. The Kier molecular flexibility index (Phi) is 5.91. The molecule has 0 atom stereocenters. The van der Waals surface area contributed by atoms with E-state index in [4.69, 9.17) is 4.74 Å². The Bertz CT molecular complexity index is 659. The zero-order chi connectivity index (χ0) is 18.5. The van der Waals surface area contributed by atoms with Crippen LogP contribution in [0.2, 0.25) is 0 Å². The molecule has 0 aromatic heterocycles. The van der Waals surface area contributed by atoms with Crippen molar-refractivity contribution in [3.05, 3.63) is 29.8 Å². The highest BCUT2D eigenvalue weighted by molar-refractivity contribution is 5.95. The van der Waals surface area contributed by atoms with E-state index in [9.17, 15) is 14.4 Å². The molecule has 2 amide bonds. The SMILES string of the molecule is CCC(=O)c1ccc(OCC(=O)N2CCC(NC(=O)C3CC3)CC2)cc1. The fraction of sp³-hybridized carbons (Fsp3) is 0.550. The minimum Gasteiger partial charge on any atom is -0.484 e. The average molecular weight is 358 g/mol. The molecule has 1 aliphatic carbocycles. The number of rotatable bonds is 7. The number of hydrogen-bond acceptors (Lipinski definition) is 4. The Morgan fingerprint density at radius 1 is 1.08 bits per heavy atom. The van der Waals surface area contributed by atoms with Gasteiger partial charge < -0.3 is 15.0 Å². The lowest BCUT2D eigenvalue weighted by molar-refractivity contribution is -0.134. The summed E-state index contributed by atoms with van der Waals surface area (Å²) in [4.78, 5) is 37.5. The van der Waals surface area contributed by atoms with E-state index in [2.05, 4.69) is 5.32 Å². The Labute approximate surface area is 153 Å². The Morgan fingerprint density at radius 3 is 2.31 bits per heavy atom. The smallest absolute Gasteiger partial charge is 0.260 e. The fourth-order valence-electron chi connectivity index (χ4n) is 3.12. The first kappa shape index (κ1) is 18.4. The van der Waals surface area contributed by atoms with Crippen LogP contribution in [-0.2, 0) is 9.59 Å². The Morgan fingerprint density at radius 2 is 1.73 bits per heavy atom. The lowest BCUT2D eigenvalue weighted by atomic mass is 10.0. The van der Waals surface area contributed by atoms with E-state index in [0.717, 1.165) is 25.7 Å². The van der Waals surface area contributed by atoms with Crippen molar-refractivity contribution in [1.29, 1.82) is 0 Å². The van der Waals surface area contributed by atoms with Crippen molar-refractivity contribution in [3.63, 3.8) is 0 Å². The van der Waals surface area contributed by atoms with Gasteiger partial charge in [0, 0.05) is 37.0 Å². The maximum atomic E-state index is 12.3. The van der Waals surface area contributed by atoms with Crippen LogP contribution in [0, 0.1) is 5.92 Å². The van der Waals surface area contributed by atoms with Gasteiger partial charge in [-0.1, -0.05) is 6.92 Å². The number of nitrogens with one attached hydrogen (secondary N) is 1. The molecule has 6 heteroatoms. The predicted molar refractivity (Wildman–Crippen MR) is 97.0 cm³/mol. The molecular weight excluding hydrogens is 332 g/mol. The van der Waals surface area contributed by atoms with Crippen molar-refractivity contribution >= 4 is 17.6 Å². The van der Waals surface area contributed by atoms with Gasteiger partial charge in [-0.25, -0.2) is 0 Å². The van der Waals surface area contributed by atoms with Crippen molar-refractivity contribution in [2.45, 2.75) is 45.1 Å². The molecule has 26 heavy (non-hydrogen) atoms. The van der Waals surface area contributed by atoms with E-state index in [1.165, 1.54) is 0 Å². The van der Waals surface area contributed by atoms with Crippen LogP contribution in [0.25, 0.3) is 0 Å². The summed E-state index contributed by atoms with van der Waals surface area (Å²) in [5.41, 5.74) is 0.654. The number of carbonyl (C=O) groups is 3. The molecule has 3 rings (SSSR count). The van der Waals surface area contributed by atoms with E-state index >= 15 is 0 Å². The van der Waals surface area contributed by atoms with Gasteiger partial charge in [0.25, 0.3) is 5.91 Å². The quantitative estimate of drug-likeness (QED) is 0.758. The highest BCUT2D eigenvalue weighted by atomic mass is 16.5. The molecule has 0 radical (unpaired) electrons. The molecule has 1 heterocycles. The molecular formula is C20H26N2O4. The summed E-state index contributed by atoms with van der Waals surface area (Å²) in [5.74, 6) is 1.01. The van der Waals surface area contributed by atoms with Crippen molar-refractivity contribution in [1.82, 2.24) is 10.2 Å². The molecule has 1 saturated carbocycles. The number of hydrogen-bond donors (Lipinski definition) is 1. The first-order chi connectivity index (χ1) is 12.6. The van der Waals surface area contributed by atoms with Crippen molar-refractivity contribution < 1.29 is 19.1 Å². The van der Waals surface area contributed by atoms with E-state index in [0.29, 0.717) is 30.8 Å². The van der Waals surface area contributed by atoms with E-state index in [1.807, 2.05) is 6.92 Å². The number of likely N-dealkylation sites (tertiary alicyclic amines) is 1. The van der Waals surface area contributed by atoms with Gasteiger partial charge in [0.2, 0.25) is 5.91 Å². The molecule has 1 aromatic rings. The highest BCUT2D eigenvalue weighted by Gasteiger charge is 2.32. The lowest BCUT2D eigenvalue weighted by Crippen LogP contribution is -2.48. The number of carbonyl (C=O) groups excluding carboxylic acids is 3. The third kappa shape index (κ3) is 4.84. The van der Waals surface area contributed by atoms with E-state index in [1.54, 1.807) is 29.2 Å². The van der Waals surface area contributed by atoms with Gasteiger partial charge in [-0.3, -0.25) is 14.4 Å². The molecule has 1 saturated heterocycles. The molecule has 1 N–H and O–H groups in total. The number of piperidine rings is 1. The van der Waals surface area contributed by atoms with Crippen LogP contribution in [0.4, 0.5) is 0 Å². The molecule has 2 aliphatic rings. The summed E-state index contributed by atoms with van der Waals surface area (Å²) >= 11 is 0. The number of amides is 2. The summed E-state index contributed by atoms with van der Waals surface area (Å²) in [6.07, 6.45) is 4.06. The van der Waals surface area contributed by atoms with Gasteiger partial charge in [0.05, 0.1) is 0 Å². The minimum atomic E-state index is -0.0503. The molecule has 1 aliphatic heterocycles. The topological polar surface area (TPSA) is 75.7 Å². The van der Waals surface area contributed by atoms with Crippen LogP contribution in [0.15, 0.2) is 24.3 Å². The number of ketones is 1. The summed E-state index contributed by atoms with van der Waals surface area (Å²) in [7, 11) is 0. The normalized spacial score (nSPS) is 17.7. The van der Waals surface area contributed by atoms with Gasteiger partial charge in [0.15, 0.2) is 12.4 Å². The third-order valence-electron chi connectivity index (χ3n) is 5.00. The average Bonchev–Trinajstić information content (AvgIpc) is 3.52. The maximum Gasteiger partial charge on any atom is 0.260 e. The maximum absolute atomic E-state index is 12.3. The summed E-state index contributed by atoms with van der Waals surface area (Å²) < 4.78 is 5.55. The number of nitrogens with zero attached hydrogens (tertiary/aromatic N) is 1. The van der Waals surface area contributed by atoms with Crippen LogP contribution in [-0.4, -0.2) is 48.2 Å². The van der Waals surface area contributed by atoms with E-state index < -0.39 is 0 Å².